The van der Waals surface area contributed by atoms with E-state index in [4.69, 9.17) is 17.3 Å². The number of sulfonamides is 1. The van der Waals surface area contributed by atoms with Crippen LogP contribution in [0.3, 0.4) is 0 Å². The number of anilines is 1. The van der Waals surface area contributed by atoms with Gasteiger partial charge in [0.05, 0.1) is 22.0 Å². The third-order valence-corrected chi connectivity index (χ3v) is 3.86. The zero-order valence-corrected chi connectivity index (χ0v) is 11.2. The summed E-state index contributed by atoms with van der Waals surface area (Å²) >= 11 is 5.67. The summed E-state index contributed by atoms with van der Waals surface area (Å²) in [6.45, 7) is 0.164. The maximum absolute atomic E-state index is 12.5. The fourth-order valence-electron chi connectivity index (χ4n) is 1.27. The van der Waals surface area contributed by atoms with Crippen LogP contribution in [0.5, 0.6) is 0 Å². The molecule has 4 nitrogen and oxygen atoms in total. The molecule has 0 aliphatic rings. The molecule has 3 N–H and O–H groups in total. The third-order valence-electron chi connectivity index (χ3n) is 2.18. The van der Waals surface area contributed by atoms with E-state index in [9.17, 15) is 21.6 Å². The molecule has 0 saturated heterocycles. The summed E-state index contributed by atoms with van der Waals surface area (Å²) in [7, 11) is -3.76. The molecule has 0 amide bonds. The second-order valence-electron chi connectivity index (χ2n) is 3.76. The molecule has 1 aromatic carbocycles. The first-order valence-electron chi connectivity index (χ1n) is 5.23. The minimum atomic E-state index is -4.57. The number of halogens is 4. The van der Waals surface area contributed by atoms with Gasteiger partial charge < -0.3 is 5.73 Å². The fourth-order valence-corrected chi connectivity index (χ4v) is 2.65. The molecule has 0 atom stereocenters. The molecule has 0 radical (unpaired) electrons. The van der Waals surface area contributed by atoms with Gasteiger partial charge in [0.15, 0.2) is 0 Å². The molecule has 1 rings (SSSR count). The molecule has 0 unspecified atom stereocenters. The van der Waals surface area contributed by atoms with E-state index < -0.39 is 21.8 Å². The van der Waals surface area contributed by atoms with E-state index in [1.807, 2.05) is 4.72 Å². The standard InChI is InChI=1S/C10H12ClF3N2O2S/c11-8-3-2-7(10(12,13)14)6-9(8)16-19(17,18)5-1-4-15/h2-3,6,16H,1,4-5,15H2. The second-order valence-corrected chi connectivity index (χ2v) is 6.00. The lowest BCUT2D eigenvalue weighted by atomic mass is 10.2. The maximum atomic E-state index is 12.5. The molecule has 0 heterocycles. The maximum Gasteiger partial charge on any atom is 0.416 e. The van der Waals surface area contributed by atoms with Gasteiger partial charge in [0.1, 0.15) is 0 Å². The molecule has 108 valence electrons. The minimum absolute atomic E-state index is 0.107. The van der Waals surface area contributed by atoms with Gasteiger partial charge in [-0.2, -0.15) is 13.2 Å². The molecular formula is C10H12ClF3N2O2S. The molecule has 0 fully saturated rings. The van der Waals surface area contributed by atoms with E-state index in [-0.39, 0.29) is 29.4 Å². The Balaban J connectivity index is 3.01. The molecule has 1 aromatic rings. The monoisotopic (exact) mass is 316 g/mol. The number of nitrogens with two attached hydrogens (primary N) is 1. The predicted molar refractivity (Wildman–Crippen MR) is 67.5 cm³/mol. The Labute approximate surface area is 113 Å². The number of alkyl halides is 3. The Morgan fingerprint density at radius 3 is 2.47 bits per heavy atom. The summed E-state index contributed by atoms with van der Waals surface area (Å²) in [5, 5.41) is -0.107. The smallest absolute Gasteiger partial charge is 0.330 e. The third kappa shape index (κ3) is 4.88. The van der Waals surface area contributed by atoms with Crippen LogP contribution in [-0.2, 0) is 16.2 Å². The molecule has 0 aliphatic heterocycles. The summed E-state index contributed by atoms with van der Waals surface area (Å²) in [5.74, 6) is -0.282. The lowest BCUT2D eigenvalue weighted by Gasteiger charge is -2.12. The number of hydrogen-bond acceptors (Lipinski definition) is 3. The molecule has 19 heavy (non-hydrogen) atoms. The lowest BCUT2D eigenvalue weighted by molar-refractivity contribution is -0.137. The van der Waals surface area contributed by atoms with Crippen molar-refractivity contribution >= 4 is 27.3 Å². The van der Waals surface area contributed by atoms with E-state index in [0.29, 0.717) is 6.07 Å². The van der Waals surface area contributed by atoms with Gasteiger partial charge in [-0.15, -0.1) is 0 Å². The molecule has 0 spiro atoms. The average molecular weight is 317 g/mol. The van der Waals surface area contributed by atoms with Crippen LogP contribution >= 0.6 is 11.6 Å². The van der Waals surface area contributed by atoms with E-state index in [1.54, 1.807) is 0 Å². The summed E-state index contributed by atoms with van der Waals surface area (Å²) in [4.78, 5) is 0. The number of hydrogen-bond donors (Lipinski definition) is 2. The highest BCUT2D eigenvalue weighted by atomic mass is 35.5. The molecule has 0 aliphatic carbocycles. The SMILES string of the molecule is NCCCS(=O)(=O)Nc1cc(C(F)(F)F)ccc1Cl. The van der Waals surface area contributed by atoms with Crippen LogP contribution in [-0.4, -0.2) is 20.7 Å². The second kappa shape index (κ2) is 5.98. The van der Waals surface area contributed by atoms with E-state index in [1.165, 1.54) is 0 Å². The first-order chi connectivity index (χ1) is 8.65. The minimum Gasteiger partial charge on any atom is -0.330 e. The van der Waals surface area contributed by atoms with Gasteiger partial charge in [-0.05, 0) is 31.2 Å². The van der Waals surface area contributed by atoms with Crippen molar-refractivity contribution < 1.29 is 21.6 Å². The van der Waals surface area contributed by atoms with Crippen molar-refractivity contribution in [3.05, 3.63) is 28.8 Å². The van der Waals surface area contributed by atoms with Crippen molar-refractivity contribution in [1.82, 2.24) is 0 Å². The Bertz CT molecular complexity index is 546. The van der Waals surface area contributed by atoms with Crippen molar-refractivity contribution in [1.29, 1.82) is 0 Å². The highest BCUT2D eigenvalue weighted by molar-refractivity contribution is 7.92. The van der Waals surface area contributed by atoms with Gasteiger partial charge >= 0.3 is 6.18 Å². The molecule has 9 heteroatoms. The van der Waals surface area contributed by atoms with Crippen molar-refractivity contribution in [2.45, 2.75) is 12.6 Å². The Hall–Kier alpha value is -0.990. The number of rotatable bonds is 5. The van der Waals surface area contributed by atoms with E-state index in [2.05, 4.69) is 0 Å². The highest BCUT2D eigenvalue weighted by Crippen LogP contribution is 2.34. The highest BCUT2D eigenvalue weighted by Gasteiger charge is 2.31. The first-order valence-corrected chi connectivity index (χ1v) is 7.26. The Kier molecular flexibility index (Phi) is 5.05. The van der Waals surface area contributed by atoms with Gasteiger partial charge in [-0.25, -0.2) is 8.42 Å². The summed E-state index contributed by atoms with van der Waals surface area (Å²) in [5.41, 5.74) is 3.90. The normalized spacial score (nSPS) is 12.5. The van der Waals surface area contributed by atoms with Crippen LogP contribution in [0.15, 0.2) is 18.2 Å². The van der Waals surface area contributed by atoms with Crippen LogP contribution in [0.2, 0.25) is 5.02 Å². The summed E-state index contributed by atoms with van der Waals surface area (Å²) in [6, 6.07) is 2.42. The zero-order chi connectivity index (χ0) is 14.7. The summed E-state index contributed by atoms with van der Waals surface area (Å²) < 4.78 is 62.6. The van der Waals surface area contributed by atoms with Crippen LogP contribution < -0.4 is 10.5 Å². The van der Waals surface area contributed by atoms with E-state index in [0.717, 1.165) is 12.1 Å². The predicted octanol–water partition coefficient (Wildman–Crippen LogP) is 2.45. The van der Waals surface area contributed by atoms with E-state index >= 15 is 0 Å². The lowest BCUT2D eigenvalue weighted by Crippen LogP contribution is -2.19. The first kappa shape index (κ1) is 16.1. The molecule has 0 aromatic heterocycles. The van der Waals surface area contributed by atoms with Crippen molar-refractivity contribution in [3.63, 3.8) is 0 Å². The molecule has 0 saturated carbocycles. The fraction of sp³-hybridized carbons (Fsp3) is 0.400. The topological polar surface area (TPSA) is 72.2 Å². The van der Waals surface area contributed by atoms with Gasteiger partial charge in [0.2, 0.25) is 10.0 Å². The molecule has 0 bridgehead atoms. The molecular weight excluding hydrogens is 305 g/mol. The Morgan fingerprint density at radius 1 is 1.32 bits per heavy atom. The van der Waals surface area contributed by atoms with Gasteiger partial charge in [-0.3, -0.25) is 4.72 Å². The van der Waals surface area contributed by atoms with Crippen LogP contribution in [0.1, 0.15) is 12.0 Å². The van der Waals surface area contributed by atoms with Crippen LogP contribution in [0, 0.1) is 0 Å². The van der Waals surface area contributed by atoms with Gasteiger partial charge in [0, 0.05) is 0 Å². The number of nitrogens with one attached hydrogen (secondary N) is 1. The van der Waals surface area contributed by atoms with Gasteiger partial charge in [-0.1, -0.05) is 11.6 Å². The average Bonchev–Trinajstić information content (AvgIpc) is 2.28. The van der Waals surface area contributed by atoms with Crippen LogP contribution in [0.4, 0.5) is 18.9 Å². The van der Waals surface area contributed by atoms with Crippen molar-refractivity contribution in [3.8, 4) is 0 Å². The quantitative estimate of drug-likeness (QED) is 0.876. The Morgan fingerprint density at radius 2 is 1.95 bits per heavy atom. The summed E-state index contributed by atoms with van der Waals surface area (Å²) in [6.07, 6.45) is -4.37. The number of benzene rings is 1. The van der Waals surface area contributed by atoms with Crippen molar-refractivity contribution in [2.75, 3.05) is 17.0 Å². The largest absolute Gasteiger partial charge is 0.416 e. The van der Waals surface area contributed by atoms with Crippen LogP contribution in [0.25, 0.3) is 0 Å². The van der Waals surface area contributed by atoms with Crippen molar-refractivity contribution in [2.24, 2.45) is 5.73 Å². The van der Waals surface area contributed by atoms with Gasteiger partial charge in [0.25, 0.3) is 0 Å². The zero-order valence-electron chi connectivity index (χ0n) is 9.67.